The molecule has 20 heavy (non-hydrogen) atoms. The Kier molecular flexibility index (Phi) is 6.26. The van der Waals surface area contributed by atoms with Gasteiger partial charge in [0.05, 0.1) is 6.61 Å². The number of alkyl halides is 3. The summed E-state index contributed by atoms with van der Waals surface area (Å²) in [5.74, 6) is -0.570. The third-order valence-corrected chi connectivity index (χ3v) is 2.83. The predicted octanol–water partition coefficient (Wildman–Crippen LogP) is 4.22. The fourth-order valence-electron chi connectivity index (χ4n) is 1.78. The summed E-state index contributed by atoms with van der Waals surface area (Å²) >= 11 is 0. The van der Waals surface area contributed by atoms with Crippen LogP contribution in [0.3, 0.4) is 0 Å². The van der Waals surface area contributed by atoms with Crippen LogP contribution in [0.15, 0.2) is 18.2 Å². The van der Waals surface area contributed by atoms with E-state index in [4.69, 9.17) is 4.74 Å². The van der Waals surface area contributed by atoms with Gasteiger partial charge in [-0.3, -0.25) is 0 Å². The molecule has 0 spiro atoms. The zero-order chi connectivity index (χ0) is 15.2. The molecule has 1 aromatic rings. The summed E-state index contributed by atoms with van der Waals surface area (Å²) in [6.07, 6.45) is -5.31. The Labute approximate surface area is 116 Å². The minimum Gasteiger partial charge on any atom is -0.491 e. The van der Waals surface area contributed by atoms with Crippen molar-refractivity contribution in [3.8, 4) is 5.75 Å². The molecule has 0 aliphatic carbocycles. The van der Waals surface area contributed by atoms with Crippen molar-refractivity contribution in [1.82, 2.24) is 5.32 Å². The van der Waals surface area contributed by atoms with Gasteiger partial charge in [0.2, 0.25) is 0 Å². The van der Waals surface area contributed by atoms with Crippen LogP contribution in [0.4, 0.5) is 17.6 Å². The average Bonchev–Trinajstić information content (AvgIpc) is 2.35. The van der Waals surface area contributed by atoms with E-state index in [-0.39, 0.29) is 24.8 Å². The highest BCUT2D eigenvalue weighted by Gasteiger charge is 2.26. The summed E-state index contributed by atoms with van der Waals surface area (Å²) in [4.78, 5) is 0. The average molecular weight is 293 g/mol. The van der Waals surface area contributed by atoms with Crippen LogP contribution in [0.1, 0.15) is 38.3 Å². The molecular weight excluding hydrogens is 274 g/mol. The molecular formula is C14H19F4NO. The molecule has 0 radical (unpaired) electrons. The smallest absolute Gasteiger partial charge is 0.389 e. The zero-order valence-electron chi connectivity index (χ0n) is 11.6. The summed E-state index contributed by atoms with van der Waals surface area (Å²) in [6, 6.07) is 4.50. The molecule has 1 aromatic carbocycles. The van der Waals surface area contributed by atoms with Crippen LogP contribution in [-0.4, -0.2) is 19.3 Å². The van der Waals surface area contributed by atoms with Crippen LogP contribution in [0.25, 0.3) is 0 Å². The highest BCUT2D eigenvalue weighted by Crippen LogP contribution is 2.24. The van der Waals surface area contributed by atoms with Crippen LogP contribution in [0.2, 0.25) is 0 Å². The second-order valence-corrected chi connectivity index (χ2v) is 4.54. The molecule has 1 unspecified atom stereocenters. The van der Waals surface area contributed by atoms with E-state index in [9.17, 15) is 17.6 Å². The summed E-state index contributed by atoms with van der Waals surface area (Å²) < 4.78 is 54.6. The molecule has 0 aliphatic heterocycles. The van der Waals surface area contributed by atoms with Crippen LogP contribution in [-0.2, 0) is 0 Å². The van der Waals surface area contributed by atoms with Crippen molar-refractivity contribution in [1.29, 1.82) is 0 Å². The van der Waals surface area contributed by atoms with Crippen LogP contribution >= 0.6 is 0 Å². The Balaban J connectivity index is 2.52. The normalized spacial score (nSPS) is 13.3. The van der Waals surface area contributed by atoms with E-state index in [1.54, 1.807) is 6.07 Å². The second-order valence-electron chi connectivity index (χ2n) is 4.54. The van der Waals surface area contributed by atoms with Gasteiger partial charge in [0, 0.05) is 12.5 Å². The first kappa shape index (κ1) is 16.8. The van der Waals surface area contributed by atoms with Gasteiger partial charge in [-0.1, -0.05) is 13.0 Å². The molecule has 0 bridgehead atoms. The number of benzene rings is 1. The van der Waals surface area contributed by atoms with E-state index in [1.807, 2.05) is 13.8 Å². The van der Waals surface area contributed by atoms with Crippen molar-refractivity contribution in [3.63, 3.8) is 0 Å². The van der Waals surface area contributed by atoms with Crippen molar-refractivity contribution in [2.45, 2.75) is 38.9 Å². The van der Waals surface area contributed by atoms with E-state index in [1.165, 1.54) is 12.1 Å². The third kappa shape index (κ3) is 5.77. The molecule has 0 aromatic heterocycles. The molecule has 1 rings (SSSR count). The maximum atomic E-state index is 13.7. The number of ether oxygens (including phenoxy) is 1. The Morgan fingerprint density at radius 3 is 2.55 bits per heavy atom. The largest absolute Gasteiger partial charge is 0.491 e. The highest BCUT2D eigenvalue weighted by molar-refractivity contribution is 5.30. The van der Waals surface area contributed by atoms with Crippen LogP contribution < -0.4 is 10.1 Å². The van der Waals surface area contributed by atoms with Gasteiger partial charge >= 0.3 is 6.18 Å². The van der Waals surface area contributed by atoms with Crippen LogP contribution in [0.5, 0.6) is 5.75 Å². The first-order valence-electron chi connectivity index (χ1n) is 6.56. The molecule has 114 valence electrons. The van der Waals surface area contributed by atoms with Gasteiger partial charge < -0.3 is 10.1 Å². The zero-order valence-corrected chi connectivity index (χ0v) is 11.6. The van der Waals surface area contributed by atoms with Crippen molar-refractivity contribution in [3.05, 3.63) is 29.6 Å². The fourth-order valence-corrected chi connectivity index (χ4v) is 1.78. The topological polar surface area (TPSA) is 21.3 Å². The SMILES string of the molecule is CCNC(C)c1ccc(OCCCC(F)(F)F)c(F)c1. The second kappa shape index (κ2) is 7.47. The Morgan fingerprint density at radius 1 is 1.30 bits per heavy atom. The highest BCUT2D eigenvalue weighted by atomic mass is 19.4. The van der Waals surface area contributed by atoms with E-state index in [0.717, 1.165) is 12.1 Å². The summed E-state index contributed by atoms with van der Waals surface area (Å²) in [6.45, 7) is 4.46. The lowest BCUT2D eigenvalue weighted by Crippen LogP contribution is -2.17. The lowest BCUT2D eigenvalue weighted by molar-refractivity contribution is -0.136. The van der Waals surface area contributed by atoms with E-state index >= 15 is 0 Å². The number of rotatable bonds is 7. The van der Waals surface area contributed by atoms with Gasteiger partial charge in [0.25, 0.3) is 0 Å². The minimum absolute atomic E-state index is 0.00813. The van der Waals surface area contributed by atoms with Crippen molar-refractivity contribution >= 4 is 0 Å². The molecule has 0 amide bonds. The maximum Gasteiger partial charge on any atom is 0.389 e. The first-order chi connectivity index (χ1) is 9.33. The summed E-state index contributed by atoms with van der Waals surface area (Å²) in [7, 11) is 0. The Hall–Kier alpha value is -1.30. The van der Waals surface area contributed by atoms with Gasteiger partial charge in [-0.05, 0) is 37.6 Å². The van der Waals surface area contributed by atoms with Gasteiger partial charge in [-0.2, -0.15) is 13.2 Å². The van der Waals surface area contributed by atoms with Crippen molar-refractivity contribution < 1.29 is 22.3 Å². The van der Waals surface area contributed by atoms with Gasteiger partial charge in [0.1, 0.15) is 0 Å². The van der Waals surface area contributed by atoms with Gasteiger partial charge in [0.15, 0.2) is 11.6 Å². The third-order valence-electron chi connectivity index (χ3n) is 2.83. The number of hydrogen-bond donors (Lipinski definition) is 1. The standard InChI is InChI=1S/C14H19F4NO/c1-3-19-10(2)11-5-6-13(12(15)9-11)20-8-4-7-14(16,17)18/h5-6,9-10,19H,3-4,7-8H2,1-2H3. The van der Waals surface area contributed by atoms with Gasteiger partial charge in [-0.25, -0.2) is 4.39 Å². The first-order valence-corrected chi connectivity index (χ1v) is 6.56. The molecule has 0 fully saturated rings. The molecule has 1 N–H and O–H groups in total. The van der Waals surface area contributed by atoms with Crippen molar-refractivity contribution in [2.24, 2.45) is 0 Å². The number of nitrogens with one attached hydrogen (secondary N) is 1. The minimum atomic E-state index is -4.20. The molecule has 0 heterocycles. The van der Waals surface area contributed by atoms with Crippen LogP contribution in [0, 0.1) is 5.82 Å². The molecule has 0 saturated carbocycles. The monoisotopic (exact) mass is 293 g/mol. The summed E-state index contributed by atoms with van der Waals surface area (Å²) in [5.41, 5.74) is 0.770. The number of halogens is 4. The molecule has 2 nitrogen and oxygen atoms in total. The van der Waals surface area contributed by atoms with Crippen molar-refractivity contribution in [2.75, 3.05) is 13.2 Å². The lowest BCUT2D eigenvalue weighted by Gasteiger charge is -2.14. The quantitative estimate of drug-likeness (QED) is 0.600. The summed E-state index contributed by atoms with van der Waals surface area (Å²) in [5, 5.41) is 3.14. The molecule has 0 saturated heterocycles. The maximum absolute atomic E-state index is 13.7. The van der Waals surface area contributed by atoms with E-state index in [0.29, 0.717) is 0 Å². The Morgan fingerprint density at radius 2 is 2.00 bits per heavy atom. The fraction of sp³-hybridized carbons (Fsp3) is 0.571. The number of hydrogen-bond acceptors (Lipinski definition) is 2. The molecule has 0 aliphatic rings. The van der Waals surface area contributed by atoms with E-state index < -0.39 is 18.4 Å². The molecule has 1 atom stereocenters. The Bertz CT molecular complexity index is 420. The molecule has 6 heteroatoms. The van der Waals surface area contributed by atoms with E-state index in [2.05, 4.69) is 5.32 Å². The lowest BCUT2D eigenvalue weighted by atomic mass is 10.1. The predicted molar refractivity (Wildman–Crippen MR) is 69.3 cm³/mol. The van der Waals surface area contributed by atoms with Gasteiger partial charge in [-0.15, -0.1) is 0 Å².